The molecule has 1 nitrogen and oxygen atoms in total. The predicted molar refractivity (Wildman–Crippen MR) is 65.0 cm³/mol. The van der Waals surface area contributed by atoms with Crippen molar-refractivity contribution in [3.8, 4) is 0 Å². The summed E-state index contributed by atoms with van der Waals surface area (Å²) in [6.07, 6.45) is 5.78. The molecule has 0 aromatic heterocycles. The van der Waals surface area contributed by atoms with Crippen molar-refractivity contribution >= 4 is 5.78 Å². The van der Waals surface area contributed by atoms with Crippen LogP contribution in [0.25, 0.3) is 0 Å². The molecule has 2 fully saturated rings. The molecule has 0 saturated heterocycles. The van der Waals surface area contributed by atoms with Gasteiger partial charge >= 0.3 is 0 Å². The fraction of sp³-hybridized carbons (Fsp3) is 0.800. The van der Waals surface area contributed by atoms with Crippen LogP contribution in [0.3, 0.4) is 0 Å². The zero-order chi connectivity index (χ0) is 11.7. The van der Waals surface area contributed by atoms with E-state index in [1.165, 1.54) is 24.8 Å². The lowest BCUT2D eigenvalue weighted by Gasteiger charge is -2.51. The molecule has 0 aromatic carbocycles. The Morgan fingerprint density at radius 2 is 2.00 bits per heavy atom. The average Bonchev–Trinajstić information content (AvgIpc) is 2.48. The highest BCUT2D eigenvalue weighted by Gasteiger charge is 2.69. The number of fused-ring (bicyclic) bond motifs is 1. The van der Waals surface area contributed by atoms with Crippen molar-refractivity contribution < 1.29 is 4.79 Å². The van der Waals surface area contributed by atoms with E-state index in [1.54, 1.807) is 0 Å². The molecule has 3 rings (SSSR count). The first kappa shape index (κ1) is 10.6. The van der Waals surface area contributed by atoms with Crippen LogP contribution in [-0.2, 0) is 4.79 Å². The van der Waals surface area contributed by atoms with Gasteiger partial charge in [-0.05, 0) is 55.4 Å². The molecule has 1 heteroatoms. The van der Waals surface area contributed by atoms with Crippen LogP contribution in [0.2, 0.25) is 0 Å². The van der Waals surface area contributed by atoms with Crippen LogP contribution in [0, 0.1) is 28.6 Å². The van der Waals surface area contributed by atoms with Crippen LogP contribution in [0.15, 0.2) is 11.6 Å². The van der Waals surface area contributed by atoms with Gasteiger partial charge in [-0.3, -0.25) is 4.79 Å². The summed E-state index contributed by atoms with van der Waals surface area (Å²) in [5.74, 6) is 2.32. The van der Waals surface area contributed by atoms with E-state index in [4.69, 9.17) is 0 Å². The number of allylic oxidation sites excluding steroid dienone is 2. The topological polar surface area (TPSA) is 17.1 Å². The van der Waals surface area contributed by atoms with Gasteiger partial charge in [-0.15, -0.1) is 0 Å². The van der Waals surface area contributed by atoms with Gasteiger partial charge in [-0.1, -0.05) is 26.3 Å². The second kappa shape index (κ2) is 2.80. The molecule has 1 spiro atoms. The van der Waals surface area contributed by atoms with E-state index >= 15 is 0 Å². The van der Waals surface area contributed by atoms with Crippen LogP contribution >= 0.6 is 0 Å². The van der Waals surface area contributed by atoms with Crippen molar-refractivity contribution in [3.05, 3.63) is 11.6 Å². The number of carbonyl (C=O) groups is 1. The van der Waals surface area contributed by atoms with Crippen LogP contribution in [0.4, 0.5) is 0 Å². The number of hydrogen-bond acceptors (Lipinski definition) is 1. The van der Waals surface area contributed by atoms with E-state index in [9.17, 15) is 4.79 Å². The van der Waals surface area contributed by atoms with Gasteiger partial charge in [0.25, 0.3) is 0 Å². The van der Waals surface area contributed by atoms with E-state index in [0.29, 0.717) is 17.6 Å². The highest BCUT2D eigenvalue weighted by molar-refractivity contribution is 6.00. The molecule has 2 bridgehead atoms. The first-order chi connectivity index (χ1) is 7.42. The van der Waals surface area contributed by atoms with Crippen LogP contribution in [0.5, 0.6) is 0 Å². The third kappa shape index (κ3) is 0.846. The second-order valence-corrected chi connectivity index (χ2v) is 6.81. The highest BCUT2D eigenvalue weighted by atomic mass is 16.1. The Bertz CT molecular complexity index is 390. The van der Waals surface area contributed by atoms with E-state index in [-0.39, 0.29) is 10.8 Å². The molecular weight excluding hydrogens is 196 g/mol. The summed E-state index contributed by atoms with van der Waals surface area (Å²) in [6.45, 7) is 9.16. The van der Waals surface area contributed by atoms with Crippen molar-refractivity contribution in [1.29, 1.82) is 0 Å². The maximum absolute atomic E-state index is 12.5. The maximum Gasteiger partial charge on any atom is 0.163 e. The molecule has 0 N–H and O–H groups in total. The summed E-state index contributed by atoms with van der Waals surface area (Å²) < 4.78 is 0. The number of carbonyl (C=O) groups excluding carboxylic acids is 1. The van der Waals surface area contributed by atoms with Gasteiger partial charge in [0.2, 0.25) is 0 Å². The molecule has 0 aromatic rings. The smallest absolute Gasteiger partial charge is 0.163 e. The SMILES string of the molecule is CC1=CC(=O)C23C(C)CCC(CC12)C3(C)C. The van der Waals surface area contributed by atoms with Crippen molar-refractivity contribution in [3.63, 3.8) is 0 Å². The van der Waals surface area contributed by atoms with Crippen LogP contribution < -0.4 is 0 Å². The minimum Gasteiger partial charge on any atom is -0.294 e. The summed E-state index contributed by atoms with van der Waals surface area (Å²) >= 11 is 0. The van der Waals surface area contributed by atoms with Crippen molar-refractivity contribution in [2.24, 2.45) is 28.6 Å². The minimum absolute atomic E-state index is 0.0417. The van der Waals surface area contributed by atoms with Gasteiger partial charge in [-0.2, -0.15) is 0 Å². The van der Waals surface area contributed by atoms with E-state index in [1.807, 2.05) is 6.08 Å². The van der Waals surface area contributed by atoms with Crippen LogP contribution in [-0.4, -0.2) is 5.78 Å². The Morgan fingerprint density at radius 1 is 1.31 bits per heavy atom. The van der Waals surface area contributed by atoms with Crippen molar-refractivity contribution in [2.75, 3.05) is 0 Å². The Morgan fingerprint density at radius 3 is 2.69 bits per heavy atom. The summed E-state index contributed by atoms with van der Waals surface area (Å²) in [4.78, 5) is 12.5. The number of rotatable bonds is 0. The quantitative estimate of drug-likeness (QED) is 0.607. The fourth-order valence-corrected chi connectivity index (χ4v) is 5.39. The standard InChI is InChI=1S/C15H22O/c1-9-7-13(16)15-10(2)5-6-11(8-12(9)15)14(15,3)4/h7,10-12H,5-6,8H2,1-4H3. The van der Waals surface area contributed by atoms with Gasteiger partial charge in [0.15, 0.2) is 5.78 Å². The molecule has 3 aliphatic carbocycles. The van der Waals surface area contributed by atoms with Gasteiger partial charge in [0.1, 0.15) is 0 Å². The molecule has 4 unspecified atom stereocenters. The maximum atomic E-state index is 12.5. The normalized spacial score (nSPS) is 49.1. The van der Waals surface area contributed by atoms with Crippen LogP contribution in [0.1, 0.15) is 47.0 Å². The number of hydrogen-bond donors (Lipinski definition) is 0. The first-order valence-electron chi connectivity index (χ1n) is 6.65. The summed E-state index contributed by atoms with van der Waals surface area (Å²) in [7, 11) is 0. The number of ketones is 1. The molecule has 4 atom stereocenters. The third-order valence-corrected chi connectivity index (χ3v) is 6.20. The minimum atomic E-state index is -0.0417. The summed E-state index contributed by atoms with van der Waals surface area (Å²) in [5.41, 5.74) is 1.52. The Hall–Kier alpha value is -0.590. The first-order valence-corrected chi connectivity index (χ1v) is 6.65. The van der Waals surface area contributed by atoms with Crippen molar-refractivity contribution in [1.82, 2.24) is 0 Å². The molecule has 3 aliphatic rings. The lowest BCUT2D eigenvalue weighted by Crippen LogP contribution is -2.51. The summed E-state index contributed by atoms with van der Waals surface area (Å²) in [5, 5.41) is 0. The summed E-state index contributed by atoms with van der Waals surface area (Å²) in [6, 6.07) is 0. The molecule has 2 saturated carbocycles. The largest absolute Gasteiger partial charge is 0.294 e. The zero-order valence-electron chi connectivity index (χ0n) is 10.8. The Kier molecular flexibility index (Phi) is 1.85. The van der Waals surface area contributed by atoms with E-state index in [2.05, 4.69) is 27.7 Å². The molecule has 0 heterocycles. The van der Waals surface area contributed by atoms with E-state index < -0.39 is 0 Å². The highest BCUT2D eigenvalue weighted by Crippen LogP contribution is 2.71. The van der Waals surface area contributed by atoms with Gasteiger partial charge in [0, 0.05) is 5.41 Å². The predicted octanol–water partition coefficient (Wildman–Crippen LogP) is 3.59. The monoisotopic (exact) mass is 218 g/mol. The molecule has 88 valence electrons. The van der Waals surface area contributed by atoms with Crippen molar-refractivity contribution in [2.45, 2.75) is 47.0 Å². The second-order valence-electron chi connectivity index (χ2n) is 6.81. The molecule has 0 radical (unpaired) electrons. The average molecular weight is 218 g/mol. The van der Waals surface area contributed by atoms with Gasteiger partial charge in [0.05, 0.1) is 0 Å². The Labute approximate surface area is 98.3 Å². The Balaban J connectivity index is 2.21. The molecule has 16 heavy (non-hydrogen) atoms. The molecule has 0 aliphatic heterocycles. The van der Waals surface area contributed by atoms with Gasteiger partial charge in [-0.25, -0.2) is 0 Å². The zero-order valence-corrected chi connectivity index (χ0v) is 10.8. The lowest BCUT2D eigenvalue weighted by atomic mass is 9.51. The molecular formula is C15H22O. The molecule has 0 amide bonds. The third-order valence-electron chi connectivity index (χ3n) is 6.20. The lowest BCUT2D eigenvalue weighted by molar-refractivity contribution is -0.139. The fourth-order valence-electron chi connectivity index (χ4n) is 5.39. The van der Waals surface area contributed by atoms with E-state index in [0.717, 1.165) is 5.92 Å². The van der Waals surface area contributed by atoms with Gasteiger partial charge < -0.3 is 0 Å².